The number of anilines is 2. The van der Waals surface area contributed by atoms with Crippen LogP contribution in [0.3, 0.4) is 0 Å². The van der Waals surface area contributed by atoms with Crippen molar-refractivity contribution in [1.82, 2.24) is 14.8 Å². The molecule has 4 rings (SSSR count). The Labute approximate surface area is 148 Å². The zero-order valence-electron chi connectivity index (χ0n) is 13.2. The third-order valence-corrected chi connectivity index (χ3v) is 4.09. The van der Waals surface area contributed by atoms with Gasteiger partial charge in [-0.2, -0.15) is 4.98 Å². The number of ether oxygens (including phenoxy) is 2. The molecule has 0 N–H and O–H groups in total. The lowest BCUT2D eigenvalue weighted by atomic mass is 10.1. The molecule has 0 bridgehead atoms. The number of fused-ring (bicyclic) bond motifs is 3. The van der Waals surface area contributed by atoms with E-state index in [0.29, 0.717) is 17.4 Å². The predicted octanol–water partition coefficient (Wildman–Crippen LogP) is 3.72. The zero-order valence-corrected chi connectivity index (χ0v) is 14.0. The lowest BCUT2D eigenvalue weighted by molar-refractivity contribution is 0.118. The van der Waals surface area contributed by atoms with Crippen molar-refractivity contribution >= 4 is 29.1 Å². The van der Waals surface area contributed by atoms with Crippen LogP contribution in [0.2, 0.25) is 5.02 Å². The average Bonchev–Trinajstić information content (AvgIpc) is 3.04. The molecule has 8 heteroatoms. The van der Waals surface area contributed by atoms with E-state index in [2.05, 4.69) is 19.7 Å². The van der Waals surface area contributed by atoms with E-state index in [9.17, 15) is 4.79 Å². The number of carbonyl (C=O) groups is 1. The molecule has 7 nitrogen and oxygen atoms in total. The van der Waals surface area contributed by atoms with Gasteiger partial charge in [0.25, 0.3) is 0 Å². The fourth-order valence-corrected chi connectivity index (χ4v) is 2.85. The lowest BCUT2D eigenvalue weighted by Crippen LogP contribution is -2.25. The van der Waals surface area contributed by atoms with Gasteiger partial charge in [0.2, 0.25) is 0 Å². The Morgan fingerprint density at radius 3 is 2.56 bits per heavy atom. The van der Waals surface area contributed by atoms with Crippen molar-refractivity contribution in [2.24, 2.45) is 0 Å². The van der Waals surface area contributed by atoms with Crippen molar-refractivity contribution in [2.75, 3.05) is 12.0 Å². The first-order chi connectivity index (χ1) is 12.2. The van der Waals surface area contributed by atoms with Gasteiger partial charge in [-0.05, 0) is 36.4 Å². The van der Waals surface area contributed by atoms with Gasteiger partial charge in [-0.15, -0.1) is 5.10 Å². The van der Waals surface area contributed by atoms with Crippen LogP contribution < -0.4 is 9.64 Å². The highest BCUT2D eigenvalue weighted by Crippen LogP contribution is 2.37. The molecule has 1 aromatic heterocycles. The van der Waals surface area contributed by atoms with E-state index in [1.54, 1.807) is 4.68 Å². The molecule has 1 aliphatic heterocycles. The van der Waals surface area contributed by atoms with Crippen LogP contribution in [-0.4, -0.2) is 28.0 Å². The quantitative estimate of drug-likeness (QED) is 0.652. The molecule has 0 saturated carbocycles. The monoisotopic (exact) mass is 356 g/mol. The van der Waals surface area contributed by atoms with Gasteiger partial charge >= 0.3 is 12.2 Å². The second-order valence-corrected chi connectivity index (χ2v) is 5.77. The number of methoxy groups -OCH3 is 1. The SMILES string of the molecule is COC(=O)Oc1nc2n(n1)-c1ccccc1N(c1ccc(Cl)cc1)C2. The molecule has 0 aliphatic carbocycles. The number of hydrogen-bond acceptors (Lipinski definition) is 6. The average molecular weight is 357 g/mol. The van der Waals surface area contributed by atoms with Gasteiger partial charge in [0.15, 0.2) is 5.82 Å². The van der Waals surface area contributed by atoms with Crippen molar-refractivity contribution < 1.29 is 14.3 Å². The molecule has 0 fully saturated rings. The molecule has 0 spiro atoms. The summed E-state index contributed by atoms with van der Waals surface area (Å²) < 4.78 is 11.1. The van der Waals surface area contributed by atoms with E-state index in [0.717, 1.165) is 17.1 Å². The normalized spacial score (nSPS) is 12.3. The highest BCUT2D eigenvalue weighted by Gasteiger charge is 2.27. The van der Waals surface area contributed by atoms with Crippen LogP contribution in [0.15, 0.2) is 48.5 Å². The smallest absolute Gasteiger partial charge is 0.437 e. The first kappa shape index (κ1) is 15.5. The summed E-state index contributed by atoms with van der Waals surface area (Å²) in [5, 5.41) is 4.93. The van der Waals surface area contributed by atoms with E-state index in [4.69, 9.17) is 16.3 Å². The van der Waals surface area contributed by atoms with Gasteiger partial charge in [-0.1, -0.05) is 23.7 Å². The van der Waals surface area contributed by atoms with Crippen LogP contribution in [0.5, 0.6) is 6.01 Å². The Hall–Kier alpha value is -3.06. The van der Waals surface area contributed by atoms with Gasteiger partial charge < -0.3 is 14.4 Å². The fraction of sp³-hybridized carbons (Fsp3) is 0.118. The molecule has 0 amide bonds. The number of benzene rings is 2. The molecule has 126 valence electrons. The summed E-state index contributed by atoms with van der Waals surface area (Å²) in [6, 6.07) is 15.3. The van der Waals surface area contributed by atoms with Gasteiger partial charge in [-0.3, -0.25) is 0 Å². The first-order valence-corrected chi connectivity index (χ1v) is 7.88. The van der Waals surface area contributed by atoms with E-state index in [-0.39, 0.29) is 6.01 Å². The molecule has 25 heavy (non-hydrogen) atoms. The third-order valence-electron chi connectivity index (χ3n) is 3.83. The fourth-order valence-electron chi connectivity index (χ4n) is 2.73. The maximum absolute atomic E-state index is 11.3. The van der Waals surface area contributed by atoms with Crippen molar-refractivity contribution in [2.45, 2.75) is 6.54 Å². The lowest BCUT2D eigenvalue weighted by Gasteiger charge is -2.30. The summed E-state index contributed by atoms with van der Waals surface area (Å²) in [7, 11) is 1.23. The van der Waals surface area contributed by atoms with E-state index in [1.807, 2.05) is 48.5 Å². The Morgan fingerprint density at radius 1 is 1.12 bits per heavy atom. The molecule has 0 saturated heterocycles. The van der Waals surface area contributed by atoms with Crippen molar-refractivity contribution in [3.8, 4) is 11.7 Å². The first-order valence-electron chi connectivity index (χ1n) is 7.50. The second kappa shape index (κ2) is 6.10. The molecule has 2 aromatic carbocycles. The summed E-state index contributed by atoms with van der Waals surface area (Å²) in [4.78, 5) is 17.7. The summed E-state index contributed by atoms with van der Waals surface area (Å²) in [5.74, 6) is 0.646. The molecular formula is C17H13ClN4O3. The minimum atomic E-state index is -0.856. The Kier molecular flexibility index (Phi) is 3.77. The molecule has 3 aromatic rings. The van der Waals surface area contributed by atoms with E-state index < -0.39 is 6.16 Å². The van der Waals surface area contributed by atoms with Crippen LogP contribution in [0.1, 0.15) is 5.82 Å². The van der Waals surface area contributed by atoms with Crippen LogP contribution in [-0.2, 0) is 11.3 Å². The Bertz CT molecular complexity index is 939. The number of halogens is 1. The van der Waals surface area contributed by atoms with Crippen molar-refractivity contribution in [3.63, 3.8) is 0 Å². The standard InChI is InChI=1S/C17H13ClN4O3/c1-24-17(23)25-16-19-15-10-21(12-8-6-11(18)7-9-12)13-4-2-3-5-14(13)22(15)20-16/h2-9H,10H2,1H3. The van der Waals surface area contributed by atoms with Crippen molar-refractivity contribution in [3.05, 3.63) is 59.4 Å². The Morgan fingerprint density at radius 2 is 1.84 bits per heavy atom. The summed E-state index contributed by atoms with van der Waals surface area (Å²) >= 11 is 5.99. The van der Waals surface area contributed by atoms with Crippen LogP contribution in [0, 0.1) is 0 Å². The van der Waals surface area contributed by atoms with E-state index >= 15 is 0 Å². The zero-order chi connectivity index (χ0) is 17.4. The highest BCUT2D eigenvalue weighted by molar-refractivity contribution is 6.30. The van der Waals surface area contributed by atoms with Crippen LogP contribution in [0.4, 0.5) is 16.2 Å². The van der Waals surface area contributed by atoms with Crippen LogP contribution in [0.25, 0.3) is 5.69 Å². The molecule has 0 unspecified atom stereocenters. The minimum absolute atomic E-state index is 0.0467. The minimum Gasteiger partial charge on any atom is -0.437 e. The maximum atomic E-state index is 11.3. The van der Waals surface area contributed by atoms with Gasteiger partial charge in [0.1, 0.15) is 0 Å². The summed E-state index contributed by atoms with van der Waals surface area (Å²) in [6.45, 7) is 0.468. The molecule has 2 heterocycles. The van der Waals surface area contributed by atoms with Crippen LogP contribution >= 0.6 is 11.6 Å². The summed E-state index contributed by atoms with van der Waals surface area (Å²) in [5.41, 5.74) is 2.78. The number of carbonyl (C=O) groups excluding carboxylic acids is 1. The topological polar surface area (TPSA) is 69.5 Å². The molecule has 1 aliphatic rings. The number of aromatic nitrogens is 3. The number of para-hydroxylation sites is 2. The molecular weight excluding hydrogens is 344 g/mol. The second-order valence-electron chi connectivity index (χ2n) is 5.33. The van der Waals surface area contributed by atoms with Gasteiger partial charge in [-0.25, -0.2) is 9.48 Å². The van der Waals surface area contributed by atoms with Gasteiger partial charge in [0, 0.05) is 10.7 Å². The third kappa shape index (κ3) is 2.78. The number of rotatable bonds is 2. The Balaban J connectivity index is 1.78. The largest absolute Gasteiger partial charge is 0.516 e. The van der Waals surface area contributed by atoms with Crippen molar-refractivity contribution in [1.29, 1.82) is 0 Å². The van der Waals surface area contributed by atoms with E-state index in [1.165, 1.54) is 7.11 Å². The highest BCUT2D eigenvalue weighted by atomic mass is 35.5. The van der Waals surface area contributed by atoms with Gasteiger partial charge in [0.05, 0.1) is 25.0 Å². The predicted molar refractivity (Wildman–Crippen MR) is 91.7 cm³/mol. The molecule has 0 atom stereocenters. The number of nitrogens with zero attached hydrogens (tertiary/aromatic N) is 4. The molecule has 0 radical (unpaired) electrons. The maximum Gasteiger partial charge on any atom is 0.516 e. The summed E-state index contributed by atoms with van der Waals surface area (Å²) in [6.07, 6.45) is -0.856. The number of hydrogen-bond donors (Lipinski definition) is 0.